The van der Waals surface area contributed by atoms with Crippen molar-refractivity contribution in [2.24, 2.45) is 17.8 Å². The van der Waals surface area contributed by atoms with Gasteiger partial charge in [0.05, 0.1) is 36.4 Å². The van der Waals surface area contributed by atoms with Gasteiger partial charge in [0.2, 0.25) is 0 Å². The number of esters is 1. The van der Waals surface area contributed by atoms with Gasteiger partial charge in [-0.05, 0) is 44.6 Å². The zero-order valence-corrected chi connectivity index (χ0v) is 21.2. The summed E-state index contributed by atoms with van der Waals surface area (Å²) in [7, 11) is 0. The second-order valence-corrected chi connectivity index (χ2v) is 10.4. The van der Waals surface area contributed by atoms with E-state index in [2.05, 4.69) is 13.0 Å². The van der Waals surface area contributed by atoms with E-state index in [0.717, 1.165) is 12.8 Å². The molecule has 0 aliphatic carbocycles. The van der Waals surface area contributed by atoms with Crippen LogP contribution in [0.5, 0.6) is 0 Å². The molecule has 7 nitrogen and oxygen atoms in total. The van der Waals surface area contributed by atoms with Crippen molar-refractivity contribution in [3.63, 3.8) is 0 Å². The number of hydrogen-bond acceptors (Lipinski definition) is 7. The first-order chi connectivity index (χ1) is 15.9. The Bertz CT molecular complexity index is 728. The number of cyclic esters (lactones) is 1. The van der Waals surface area contributed by atoms with Gasteiger partial charge in [-0.3, -0.25) is 4.79 Å². The van der Waals surface area contributed by atoms with Gasteiger partial charge in [0, 0.05) is 11.8 Å². The average molecular weight is 481 g/mol. The number of carbonyl (C=O) groups is 1. The van der Waals surface area contributed by atoms with E-state index in [9.17, 15) is 25.2 Å². The van der Waals surface area contributed by atoms with Gasteiger partial charge in [-0.2, -0.15) is 0 Å². The van der Waals surface area contributed by atoms with Gasteiger partial charge in [-0.25, -0.2) is 0 Å². The fourth-order valence-corrected chi connectivity index (χ4v) is 4.29. The zero-order valence-electron chi connectivity index (χ0n) is 21.2. The summed E-state index contributed by atoms with van der Waals surface area (Å²) in [6.07, 6.45) is 10.0. The molecule has 10 unspecified atom stereocenters. The predicted molar refractivity (Wildman–Crippen MR) is 131 cm³/mol. The van der Waals surface area contributed by atoms with Crippen LogP contribution in [-0.2, 0) is 14.3 Å². The topological polar surface area (TPSA) is 120 Å². The molecule has 1 saturated heterocycles. The maximum absolute atomic E-state index is 12.3. The molecule has 2 aliphatic rings. The summed E-state index contributed by atoms with van der Waals surface area (Å²) in [6.45, 7) is 9.50. The third-order valence-corrected chi connectivity index (χ3v) is 7.03. The van der Waals surface area contributed by atoms with Gasteiger partial charge in [0.1, 0.15) is 12.2 Å². The Morgan fingerprint density at radius 2 is 1.94 bits per heavy atom. The summed E-state index contributed by atoms with van der Waals surface area (Å²) < 4.78 is 11.4. The number of epoxide rings is 1. The Labute approximate surface area is 204 Å². The lowest BCUT2D eigenvalue weighted by Crippen LogP contribution is -2.39. The fraction of sp³-hybridized carbons (Fsp3) is 0.741. The van der Waals surface area contributed by atoms with E-state index < -0.39 is 29.9 Å². The quantitative estimate of drug-likeness (QED) is 0.182. The molecule has 2 aliphatic heterocycles. The highest BCUT2D eigenvalue weighted by atomic mass is 16.6. The van der Waals surface area contributed by atoms with Crippen LogP contribution in [0.1, 0.15) is 66.7 Å². The lowest BCUT2D eigenvalue weighted by Gasteiger charge is -2.29. The van der Waals surface area contributed by atoms with Crippen LogP contribution in [0.15, 0.2) is 36.5 Å². The van der Waals surface area contributed by atoms with Crippen LogP contribution in [0.4, 0.5) is 0 Å². The Balaban J connectivity index is 1.96. The first-order valence-electron chi connectivity index (χ1n) is 12.6. The fourth-order valence-electron chi connectivity index (χ4n) is 4.29. The standard InChI is InChI=1S/C27H44O7/c1-6-21(29)19(4)26-23(34-26)15-17(2)9-7-8-10-22-18(3)11-12-24(30)27(5,32)14-13-20(28)16-25(31)33-22/h7-12,17-24,26,28-30,32H,6,13-16H2,1-5H3/b9-7+,10-8+,12-11+. The molecule has 2 heterocycles. The summed E-state index contributed by atoms with van der Waals surface area (Å²) in [5.74, 6) is -0.313. The van der Waals surface area contributed by atoms with Crippen LogP contribution in [0, 0.1) is 17.8 Å². The van der Waals surface area contributed by atoms with Crippen LogP contribution in [-0.4, -0.2) is 68.6 Å². The number of aliphatic hydroxyl groups is 4. The molecular formula is C27H44O7. The zero-order chi connectivity index (χ0) is 25.5. The molecule has 0 radical (unpaired) electrons. The van der Waals surface area contributed by atoms with Crippen molar-refractivity contribution in [1.29, 1.82) is 0 Å². The molecule has 34 heavy (non-hydrogen) atoms. The summed E-state index contributed by atoms with van der Waals surface area (Å²) in [6, 6.07) is 0. The maximum atomic E-state index is 12.3. The Morgan fingerprint density at radius 3 is 2.62 bits per heavy atom. The lowest BCUT2D eigenvalue weighted by atomic mass is 9.89. The molecule has 1 fully saturated rings. The molecule has 0 amide bonds. The molecule has 4 N–H and O–H groups in total. The number of allylic oxidation sites excluding steroid dienone is 3. The van der Waals surface area contributed by atoms with Crippen LogP contribution in [0.2, 0.25) is 0 Å². The first-order valence-corrected chi connectivity index (χ1v) is 12.6. The minimum absolute atomic E-state index is 0.121. The Morgan fingerprint density at radius 1 is 1.24 bits per heavy atom. The minimum atomic E-state index is -1.39. The highest BCUT2D eigenvalue weighted by Gasteiger charge is 2.44. The third kappa shape index (κ3) is 8.93. The number of aliphatic hydroxyl groups excluding tert-OH is 3. The number of ether oxygens (including phenoxy) is 2. The van der Waals surface area contributed by atoms with Crippen molar-refractivity contribution < 1.29 is 34.7 Å². The summed E-state index contributed by atoms with van der Waals surface area (Å²) >= 11 is 0. The van der Waals surface area contributed by atoms with Gasteiger partial charge >= 0.3 is 5.97 Å². The minimum Gasteiger partial charge on any atom is -0.457 e. The molecule has 2 rings (SSSR count). The van der Waals surface area contributed by atoms with Crippen LogP contribution in [0.25, 0.3) is 0 Å². The molecule has 0 aromatic carbocycles. The van der Waals surface area contributed by atoms with Crippen molar-refractivity contribution in [2.75, 3.05) is 0 Å². The second-order valence-electron chi connectivity index (χ2n) is 10.4. The van der Waals surface area contributed by atoms with Crippen LogP contribution in [0.3, 0.4) is 0 Å². The van der Waals surface area contributed by atoms with Gasteiger partial charge in [0.25, 0.3) is 0 Å². The van der Waals surface area contributed by atoms with Gasteiger partial charge in [0.15, 0.2) is 0 Å². The molecule has 0 saturated carbocycles. The van der Waals surface area contributed by atoms with Crippen molar-refractivity contribution in [2.45, 2.75) is 109 Å². The predicted octanol–water partition coefficient (Wildman–Crippen LogP) is 3.06. The first kappa shape index (κ1) is 28.7. The molecule has 0 spiro atoms. The highest BCUT2D eigenvalue weighted by molar-refractivity contribution is 5.70. The smallest absolute Gasteiger partial charge is 0.309 e. The van der Waals surface area contributed by atoms with E-state index in [4.69, 9.17) is 9.47 Å². The monoisotopic (exact) mass is 480 g/mol. The number of rotatable bonds is 8. The number of carbonyl (C=O) groups excluding carboxylic acids is 1. The highest BCUT2D eigenvalue weighted by Crippen LogP contribution is 2.36. The number of hydrogen-bond donors (Lipinski definition) is 4. The van der Waals surface area contributed by atoms with E-state index >= 15 is 0 Å². The van der Waals surface area contributed by atoms with Crippen molar-refractivity contribution >= 4 is 5.97 Å². The summed E-state index contributed by atoms with van der Waals surface area (Å²) in [4.78, 5) is 12.3. The van der Waals surface area contributed by atoms with Gasteiger partial charge in [-0.15, -0.1) is 0 Å². The van der Waals surface area contributed by atoms with E-state index in [-0.39, 0.29) is 55.3 Å². The molecule has 194 valence electrons. The van der Waals surface area contributed by atoms with Crippen molar-refractivity contribution in [1.82, 2.24) is 0 Å². The SMILES string of the molecule is CCC(O)C(C)C1OC1CC(C)/C=C/C=C/C1OC(=O)CC(O)CCC(C)(O)C(O)/C=C/C1C. The van der Waals surface area contributed by atoms with Gasteiger partial charge in [-0.1, -0.05) is 58.1 Å². The van der Waals surface area contributed by atoms with E-state index in [1.54, 1.807) is 12.2 Å². The molecule has 0 bridgehead atoms. The van der Waals surface area contributed by atoms with E-state index in [1.807, 2.05) is 32.9 Å². The Kier molecular flexibility index (Phi) is 11.0. The molecular weight excluding hydrogens is 436 g/mol. The largest absolute Gasteiger partial charge is 0.457 e. The normalized spacial score (nSPS) is 39.1. The van der Waals surface area contributed by atoms with Crippen molar-refractivity contribution in [3.8, 4) is 0 Å². The average Bonchev–Trinajstić information content (AvgIpc) is 3.54. The maximum Gasteiger partial charge on any atom is 0.309 e. The molecule has 0 aromatic rings. The summed E-state index contributed by atoms with van der Waals surface area (Å²) in [5, 5.41) is 40.9. The van der Waals surface area contributed by atoms with Crippen LogP contribution >= 0.6 is 0 Å². The second kappa shape index (κ2) is 13.0. The summed E-state index contributed by atoms with van der Waals surface area (Å²) in [5.41, 5.74) is -1.39. The molecule has 0 aromatic heterocycles. The van der Waals surface area contributed by atoms with E-state index in [1.165, 1.54) is 13.0 Å². The molecule has 7 heteroatoms. The van der Waals surface area contributed by atoms with E-state index in [0.29, 0.717) is 0 Å². The lowest BCUT2D eigenvalue weighted by molar-refractivity contribution is -0.151. The van der Waals surface area contributed by atoms with Gasteiger partial charge < -0.3 is 29.9 Å². The molecule has 10 atom stereocenters. The van der Waals surface area contributed by atoms with Crippen molar-refractivity contribution in [3.05, 3.63) is 36.5 Å². The van der Waals surface area contributed by atoms with Crippen LogP contribution < -0.4 is 0 Å². The third-order valence-electron chi connectivity index (χ3n) is 7.03. The Hall–Kier alpha value is -1.51.